The minimum Gasteiger partial charge on any atom is -0.369 e. The number of hydrogen-bond donors (Lipinski definition) is 2. The molecule has 1 aromatic carbocycles. The normalized spacial score (nSPS) is 14.5. The molecule has 0 saturated carbocycles. The minimum absolute atomic E-state index is 0.0572. The van der Waals surface area contributed by atoms with E-state index in [2.05, 4.69) is 44.6 Å². The highest BCUT2D eigenvalue weighted by Gasteiger charge is 2.17. The molecule has 2 amide bonds. The van der Waals surface area contributed by atoms with Gasteiger partial charge in [0.2, 0.25) is 5.91 Å². The maximum Gasteiger partial charge on any atom is 0.270 e. The second-order valence-electron chi connectivity index (χ2n) is 8.68. The van der Waals surface area contributed by atoms with Crippen molar-refractivity contribution in [1.29, 1.82) is 0 Å². The summed E-state index contributed by atoms with van der Waals surface area (Å²) in [6.45, 7) is 8.39. The van der Waals surface area contributed by atoms with Gasteiger partial charge in [0.05, 0.1) is 5.69 Å². The van der Waals surface area contributed by atoms with Gasteiger partial charge in [-0.15, -0.1) is 0 Å². The molecule has 0 unspecified atom stereocenters. The van der Waals surface area contributed by atoms with Crippen LogP contribution in [-0.2, 0) is 4.79 Å². The fourth-order valence-electron chi connectivity index (χ4n) is 4.17. The molecule has 174 valence electrons. The van der Waals surface area contributed by atoms with Crippen LogP contribution >= 0.6 is 0 Å². The van der Waals surface area contributed by atoms with Crippen molar-refractivity contribution in [3.05, 3.63) is 59.5 Å². The number of rotatable bonds is 7. The van der Waals surface area contributed by atoms with Crippen LogP contribution < -0.4 is 15.5 Å². The molecular weight excluding hydrogens is 416 g/mol. The summed E-state index contributed by atoms with van der Waals surface area (Å²) in [5.74, 6) is -0.233. The molecule has 2 N–H and O–H groups in total. The SMILES string of the molecule is Cc1nc2c(C)cccn2c1C(=O)NCCCC(=O)Nc1ccc(N2CCN(C)CC2)cc1. The molecule has 1 aliphatic heterocycles. The number of amides is 2. The van der Waals surface area contributed by atoms with Gasteiger partial charge in [-0.1, -0.05) is 6.07 Å². The molecule has 2 aromatic heterocycles. The van der Waals surface area contributed by atoms with Gasteiger partial charge in [-0.25, -0.2) is 4.98 Å². The molecule has 3 aromatic rings. The molecule has 0 spiro atoms. The van der Waals surface area contributed by atoms with E-state index in [1.54, 1.807) is 0 Å². The fraction of sp³-hybridized carbons (Fsp3) is 0.400. The van der Waals surface area contributed by atoms with Crippen molar-refractivity contribution in [2.45, 2.75) is 26.7 Å². The summed E-state index contributed by atoms with van der Waals surface area (Å²) in [6.07, 6.45) is 2.75. The highest BCUT2D eigenvalue weighted by molar-refractivity contribution is 5.95. The van der Waals surface area contributed by atoms with Gasteiger partial charge in [-0.2, -0.15) is 0 Å². The van der Waals surface area contributed by atoms with Crippen LogP contribution in [0.5, 0.6) is 0 Å². The van der Waals surface area contributed by atoms with Gasteiger partial charge in [-0.3, -0.25) is 14.0 Å². The van der Waals surface area contributed by atoms with E-state index in [-0.39, 0.29) is 11.8 Å². The Bertz CT molecular complexity index is 1130. The Labute approximate surface area is 194 Å². The number of fused-ring (bicyclic) bond motifs is 1. The summed E-state index contributed by atoms with van der Waals surface area (Å²) >= 11 is 0. The van der Waals surface area contributed by atoms with Crippen molar-refractivity contribution in [2.24, 2.45) is 0 Å². The van der Waals surface area contributed by atoms with Crippen molar-refractivity contribution >= 4 is 28.8 Å². The lowest BCUT2D eigenvalue weighted by atomic mass is 10.2. The summed E-state index contributed by atoms with van der Waals surface area (Å²) in [7, 11) is 2.14. The van der Waals surface area contributed by atoms with Gasteiger partial charge >= 0.3 is 0 Å². The third-order valence-corrected chi connectivity index (χ3v) is 6.12. The average Bonchev–Trinajstić information content (AvgIpc) is 3.15. The fourth-order valence-corrected chi connectivity index (χ4v) is 4.17. The van der Waals surface area contributed by atoms with Gasteiger partial charge in [0, 0.05) is 56.7 Å². The topological polar surface area (TPSA) is 82.0 Å². The van der Waals surface area contributed by atoms with Crippen LogP contribution in [-0.4, -0.2) is 65.9 Å². The Morgan fingerprint density at radius 2 is 1.76 bits per heavy atom. The number of carbonyl (C=O) groups is 2. The van der Waals surface area contributed by atoms with E-state index >= 15 is 0 Å². The maximum absolute atomic E-state index is 12.7. The molecule has 1 aliphatic rings. The molecular formula is C25H32N6O2. The number of pyridine rings is 1. The molecule has 3 heterocycles. The molecule has 1 saturated heterocycles. The van der Waals surface area contributed by atoms with Gasteiger partial charge in [-0.05, 0) is 63.2 Å². The zero-order valence-corrected chi connectivity index (χ0v) is 19.6. The Morgan fingerprint density at radius 1 is 1.03 bits per heavy atom. The number of aromatic nitrogens is 2. The van der Waals surface area contributed by atoms with Gasteiger partial charge < -0.3 is 20.4 Å². The number of anilines is 2. The predicted octanol–water partition coefficient (Wildman–Crippen LogP) is 2.85. The molecule has 8 nitrogen and oxygen atoms in total. The lowest BCUT2D eigenvalue weighted by Gasteiger charge is -2.34. The third kappa shape index (κ3) is 5.34. The number of carbonyl (C=O) groups excluding carboxylic acids is 2. The Morgan fingerprint density at radius 3 is 2.48 bits per heavy atom. The number of nitrogens with zero attached hydrogens (tertiary/aromatic N) is 4. The molecule has 33 heavy (non-hydrogen) atoms. The van der Waals surface area contributed by atoms with Crippen LogP contribution in [0.4, 0.5) is 11.4 Å². The van der Waals surface area contributed by atoms with Crippen LogP contribution in [0.25, 0.3) is 5.65 Å². The number of aryl methyl sites for hydroxylation is 2. The predicted molar refractivity (Wildman–Crippen MR) is 131 cm³/mol. The second kappa shape index (κ2) is 10.0. The van der Waals surface area contributed by atoms with Crippen LogP contribution in [0.1, 0.15) is 34.6 Å². The highest BCUT2D eigenvalue weighted by Crippen LogP contribution is 2.19. The van der Waals surface area contributed by atoms with Crippen molar-refractivity contribution in [3.8, 4) is 0 Å². The summed E-state index contributed by atoms with van der Waals surface area (Å²) in [5.41, 5.74) is 5.02. The third-order valence-electron chi connectivity index (χ3n) is 6.12. The monoisotopic (exact) mass is 448 g/mol. The Kier molecular flexibility index (Phi) is 6.93. The number of piperazine rings is 1. The number of nitrogens with one attached hydrogen (secondary N) is 2. The maximum atomic E-state index is 12.7. The molecule has 0 atom stereocenters. The summed E-state index contributed by atoms with van der Waals surface area (Å²) in [5, 5.41) is 5.86. The minimum atomic E-state index is -0.175. The van der Waals surface area contributed by atoms with E-state index in [0.717, 1.165) is 43.1 Å². The number of likely N-dealkylation sites (N-methyl/N-ethyl adjacent to an activating group) is 1. The summed E-state index contributed by atoms with van der Waals surface area (Å²) in [6, 6.07) is 11.9. The molecule has 0 bridgehead atoms. The van der Waals surface area contributed by atoms with Crippen molar-refractivity contribution in [2.75, 3.05) is 50.0 Å². The van der Waals surface area contributed by atoms with E-state index in [1.807, 2.05) is 48.7 Å². The first-order valence-electron chi connectivity index (χ1n) is 11.5. The first kappa shape index (κ1) is 22.8. The van der Waals surface area contributed by atoms with Gasteiger partial charge in [0.1, 0.15) is 11.3 Å². The van der Waals surface area contributed by atoms with E-state index in [9.17, 15) is 9.59 Å². The van der Waals surface area contributed by atoms with Crippen molar-refractivity contribution in [1.82, 2.24) is 19.6 Å². The Balaban J connectivity index is 1.23. The van der Waals surface area contributed by atoms with Crippen LogP contribution in [0.3, 0.4) is 0 Å². The first-order valence-corrected chi connectivity index (χ1v) is 11.5. The zero-order valence-electron chi connectivity index (χ0n) is 19.6. The van der Waals surface area contributed by atoms with Crippen LogP contribution in [0, 0.1) is 13.8 Å². The lowest BCUT2D eigenvalue weighted by Crippen LogP contribution is -2.44. The molecule has 0 aliphatic carbocycles. The van der Waals surface area contributed by atoms with E-state index in [4.69, 9.17) is 0 Å². The van der Waals surface area contributed by atoms with E-state index in [0.29, 0.717) is 30.8 Å². The standard InChI is InChI=1S/C25H32N6O2/c1-18-6-5-13-31-23(19(2)27-24(18)31)25(33)26-12-4-7-22(32)28-20-8-10-21(11-9-20)30-16-14-29(3)15-17-30/h5-6,8-11,13H,4,7,12,14-17H2,1-3H3,(H,26,33)(H,28,32). The number of hydrogen-bond acceptors (Lipinski definition) is 5. The summed E-state index contributed by atoms with van der Waals surface area (Å²) < 4.78 is 1.82. The molecule has 8 heteroatoms. The molecule has 1 fully saturated rings. The second-order valence-corrected chi connectivity index (χ2v) is 8.68. The number of imidazole rings is 1. The number of benzene rings is 1. The van der Waals surface area contributed by atoms with E-state index in [1.165, 1.54) is 5.69 Å². The largest absolute Gasteiger partial charge is 0.369 e. The van der Waals surface area contributed by atoms with Crippen molar-refractivity contribution in [3.63, 3.8) is 0 Å². The van der Waals surface area contributed by atoms with Gasteiger partial charge in [0.25, 0.3) is 5.91 Å². The quantitative estimate of drug-likeness (QED) is 0.543. The average molecular weight is 449 g/mol. The van der Waals surface area contributed by atoms with E-state index < -0.39 is 0 Å². The smallest absolute Gasteiger partial charge is 0.270 e. The first-order chi connectivity index (χ1) is 15.9. The molecule has 0 radical (unpaired) electrons. The van der Waals surface area contributed by atoms with Crippen molar-refractivity contribution < 1.29 is 9.59 Å². The zero-order chi connectivity index (χ0) is 23.4. The summed E-state index contributed by atoms with van der Waals surface area (Å²) in [4.78, 5) is 34.2. The Hall–Kier alpha value is -3.39. The molecule has 4 rings (SSSR count). The lowest BCUT2D eigenvalue weighted by molar-refractivity contribution is -0.116. The van der Waals surface area contributed by atoms with Gasteiger partial charge in [0.15, 0.2) is 0 Å². The van der Waals surface area contributed by atoms with Crippen LogP contribution in [0.2, 0.25) is 0 Å². The highest BCUT2D eigenvalue weighted by atomic mass is 16.2. The van der Waals surface area contributed by atoms with Crippen LogP contribution in [0.15, 0.2) is 42.6 Å².